The van der Waals surface area contributed by atoms with Crippen LogP contribution in [0.2, 0.25) is 5.15 Å². The summed E-state index contributed by atoms with van der Waals surface area (Å²) in [6.45, 7) is 1.69. The van der Waals surface area contributed by atoms with Crippen LogP contribution in [0, 0.1) is 0 Å². The van der Waals surface area contributed by atoms with Gasteiger partial charge in [0.15, 0.2) is 0 Å². The highest BCUT2D eigenvalue weighted by molar-refractivity contribution is 6.29. The molecule has 0 saturated heterocycles. The van der Waals surface area contributed by atoms with E-state index >= 15 is 0 Å². The Morgan fingerprint density at radius 3 is 2.70 bits per heavy atom. The lowest BCUT2D eigenvalue weighted by molar-refractivity contribution is 0.199. The molecule has 54 valence electrons. The first-order valence-electron chi connectivity index (χ1n) is 2.99. The van der Waals surface area contributed by atoms with Crippen molar-refractivity contribution in [2.45, 2.75) is 13.0 Å². The Labute approximate surface area is 64.5 Å². The van der Waals surface area contributed by atoms with E-state index in [0.717, 1.165) is 5.56 Å². The summed E-state index contributed by atoms with van der Waals surface area (Å²) in [5.74, 6) is 0. The van der Waals surface area contributed by atoms with E-state index in [0.29, 0.717) is 5.15 Å². The summed E-state index contributed by atoms with van der Waals surface area (Å²) in [7, 11) is 0. The molecular formula is C7H8ClNO. The third-order valence-electron chi connectivity index (χ3n) is 1.23. The van der Waals surface area contributed by atoms with Gasteiger partial charge in [-0.1, -0.05) is 17.7 Å². The van der Waals surface area contributed by atoms with Gasteiger partial charge in [0.1, 0.15) is 5.15 Å². The molecule has 3 heteroatoms. The summed E-state index contributed by atoms with van der Waals surface area (Å²) in [5, 5.41) is 9.48. The van der Waals surface area contributed by atoms with E-state index in [1.165, 1.54) is 0 Å². The fraction of sp³-hybridized carbons (Fsp3) is 0.286. The monoisotopic (exact) mass is 157 g/mol. The number of halogens is 1. The van der Waals surface area contributed by atoms with Crippen molar-refractivity contribution in [3.8, 4) is 0 Å². The number of hydrogen-bond donors (Lipinski definition) is 1. The molecule has 0 aromatic carbocycles. The van der Waals surface area contributed by atoms with E-state index in [9.17, 15) is 0 Å². The molecule has 1 aromatic heterocycles. The fourth-order valence-electron chi connectivity index (χ4n) is 0.634. The molecule has 0 radical (unpaired) electrons. The predicted octanol–water partition coefficient (Wildman–Crippen LogP) is 1.79. The third kappa shape index (κ3) is 1.69. The van der Waals surface area contributed by atoms with E-state index in [2.05, 4.69) is 4.98 Å². The Kier molecular flexibility index (Phi) is 2.25. The van der Waals surface area contributed by atoms with E-state index < -0.39 is 6.10 Å². The highest BCUT2D eigenvalue weighted by atomic mass is 35.5. The van der Waals surface area contributed by atoms with Crippen LogP contribution in [-0.4, -0.2) is 10.1 Å². The lowest BCUT2D eigenvalue weighted by atomic mass is 10.2. The Balaban J connectivity index is 2.89. The number of nitrogens with zero attached hydrogens (tertiary/aromatic N) is 1. The highest BCUT2D eigenvalue weighted by Crippen LogP contribution is 2.11. The first-order chi connectivity index (χ1) is 4.70. The average Bonchev–Trinajstić information content (AvgIpc) is 1.88. The molecule has 1 N–H and O–H groups in total. The Bertz CT molecular complexity index is 207. The van der Waals surface area contributed by atoms with Crippen LogP contribution in [0.5, 0.6) is 0 Å². The van der Waals surface area contributed by atoms with Gasteiger partial charge < -0.3 is 5.11 Å². The molecule has 1 unspecified atom stereocenters. The molecule has 10 heavy (non-hydrogen) atoms. The topological polar surface area (TPSA) is 33.1 Å². The molecule has 0 bridgehead atoms. The molecule has 0 amide bonds. The van der Waals surface area contributed by atoms with Crippen LogP contribution in [0.25, 0.3) is 0 Å². The van der Waals surface area contributed by atoms with Crippen LogP contribution < -0.4 is 0 Å². The van der Waals surface area contributed by atoms with Gasteiger partial charge >= 0.3 is 0 Å². The molecule has 0 aliphatic rings. The summed E-state index contributed by atoms with van der Waals surface area (Å²) in [6, 6.07) is 3.41. The van der Waals surface area contributed by atoms with E-state index in [-0.39, 0.29) is 0 Å². The molecule has 0 saturated carbocycles. The molecule has 1 aromatic rings. The zero-order valence-corrected chi connectivity index (χ0v) is 6.34. The second-order valence-electron chi connectivity index (χ2n) is 2.09. The van der Waals surface area contributed by atoms with E-state index in [4.69, 9.17) is 16.7 Å². The molecule has 0 fully saturated rings. The molecule has 0 aliphatic carbocycles. The highest BCUT2D eigenvalue weighted by Gasteiger charge is 1.98. The smallest absolute Gasteiger partial charge is 0.129 e. The summed E-state index contributed by atoms with van der Waals surface area (Å²) >= 11 is 5.52. The number of aliphatic hydroxyl groups is 1. The van der Waals surface area contributed by atoms with Crippen molar-refractivity contribution in [1.82, 2.24) is 4.98 Å². The number of hydrogen-bond acceptors (Lipinski definition) is 2. The van der Waals surface area contributed by atoms with Gasteiger partial charge in [0.25, 0.3) is 0 Å². The molecular weight excluding hydrogens is 150 g/mol. The van der Waals surface area contributed by atoms with Crippen LogP contribution in [0.3, 0.4) is 0 Å². The Hall–Kier alpha value is -0.600. The van der Waals surface area contributed by atoms with Crippen molar-refractivity contribution in [3.63, 3.8) is 0 Å². The lowest BCUT2D eigenvalue weighted by Crippen LogP contribution is -1.90. The second kappa shape index (κ2) is 2.99. The zero-order chi connectivity index (χ0) is 7.56. The molecule has 1 heterocycles. The molecule has 0 aliphatic heterocycles. The van der Waals surface area contributed by atoms with Crippen LogP contribution in [-0.2, 0) is 0 Å². The normalized spacial score (nSPS) is 13.1. The minimum absolute atomic E-state index is 0.449. The maximum Gasteiger partial charge on any atom is 0.129 e. The van der Waals surface area contributed by atoms with Crippen molar-refractivity contribution in [2.24, 2.45) is 0 Å². The van der Waals surface area contributed by atoms with Crippen LogP contribution >= 0.6 is 11.6 Å². The number of aromatic nitrogens is 1. The van der Waals surface area contributed by atoms with Gasteiger partial charge in [0.2, 0.25) is 0 Å². The number of pyridine rings is 1. The van der Waals surface area contributed by atoms with Crippen LogP contribution in [0.4, 0.5) is 0 Å². The van der Waals surface area contributed by atoms with Gasteiger partial charge in [-0.25, -0.2) is 4.98 Å². The molecule has 1 rings (SSSR count). The summed E-state index contributed by atoms with van der Waals surface area (Å²) < 4.78 is 0. The van der Waals surface area contributed by atoms with Crippen LogP contribution in [0.1, 0.15) is 18.6 Å². The molecule has 1 atom stereocenters. The maximum atomic E-state index is 9.03. The number of rotatable bonds is 1. The van der Waals surface area contributed by atoms with Gasteiger partial charge in [-0.3, -0.25) is 0 Å². The Morgan fingerprint density at radius 1 is 1.60 bits per heavy atom. The predicted molar refractivity (Wildman–Crippen MR) is 39.9 cm³/mol. The SMILES string of the molecule is CC(O)c1ccc(Cl)nc1. The summed E-state index contributed by atoms with van der Waals surface area (Å²) in [6.07, 6.45) is 1.09. The quantitative estimate of drug-likeness (QED) is 0.631. The third-order valence-corrected chi connectivity index (χ3v) is 1.46. The average molecular weight is 158 g/mol. The summed E-state index contributed by atoms with van der Waals surface area (Å²) in [5.41, 5.74) is 0.782. The maximum absolute atomic E-state index is 9.03. The minimum atomic E-state index is -0.468. The van der Waals surface area contributed by atoms with Gasteiger partial charge in [-0.2, -0.15) is 0 Å². The van der Waals surface area contributed by atoms with E-state index in [1.807, 2.05) is 0 Å². The van der Waals surface area contributed by atoms with Crippen molar-refractivity contribution < 1.29 is 5.11 Å². The first kappa shape index (κ1) is 7.51. The minimum Gasteiger partial charge on any atom is -0.389 e. The lowest BCUT2D eigenvalue weighted by Gasteiger charge is -2.01. The van der Waals surface area contributed by atoms with Gasteiger partial charge in [-0.05, 0) is 18.6 Å². The van der Waals surface area contributed by atoms with Crippen molar-refractivity contribution in [2.75, 3.05) is 0 Å². The fourth-order valence-corrected chi connectivity index (χ4v) is 0.746. The van der Waals surface area contributed by atoms with Gasteiger partial charge in [0.05, 0.1) is 6.10 Å². The van der Waals surface area contributed by atoms with Gasteiger partial charge in [-0.15, -0.1) is 0 Å². The van der Waals surface area contributed by atoms with Crippen LogP contribution in [0.15, 0.2) is 18.3 Å². The molecule has 2 nitrogen and oxygen atoms in total. The van der Waals surface area contributed by atoms with E-state index in [1.54, 1.807) is 25.3 Å². The number of aliphatic hydroxyl groups excluding tert-OH is 1. The Morgan fingerprint density at radius 2 is 2.30 bits per heavy atom. The summed E-state index contributed by atoms with van der Waals surface area (Å²) in [4.78, 5) is 3.81. The molecule has 0 spiro atoms. The zero-order valence-electron chi connectivity index (χ0n) is 5.58. The second-order valence-corrected chi connectivity index (χ2v) is 2.48. The van der Waals surface area contributed by atoms with Crippen molar-refractivity contribution in [3.05, 3.63) is 29.0 Å². The van der Waals surface area contributed by atoms with Crippen molar-refractivity contribution in [1.29, 1.82) is 0 Å². The standard InChI is InChI=1S/C7H8ClNO/c1-5(10)6-2-3-7(8)9-4-6/h2-5,10H,1H3. The first-order valence-corrected chi connectivity index (χ1v) is 3.37. The van der Waals surface area contributed by atoms with Crippen molar-refractivity contribution >= 4 is 11.6 Å². The van der Waals surface area contributed by atoms with Gasteiger partial charge in [0, 0.05) is 6.20 Å². The largest absolute Gasteiger partial charge is 0.389 e.